The predicted octanol–water partition coefficient (Wildman–Crippen LogP) is 1.50. The van der Waals surface area contributed by atoms with Gasteiger partial charge in [-0.2, -0.15) is 4.98 Å². The molecule has 2 N–H and O–H groups in total. The third kappa shape index (κ3) is 2.85. The highest BCUT2D eigenvalue weighted by Gasteiger charge is 2.21. The molecule has 3 rings (SSSR count). The third-order valence-electron chi connectivity index (χ3n) is 3.50. The molecule has 0 bridgehead atoms. The number of furan rings is 1. The zero-order valence-electron chi connectivity index (χ0n) is 10.8. The van der Waals surface area contributed by atoms with Crippen LogP contribution in [-0.2, 0) is 6.54 Å². The number of piperidine rings is 1. The minimum Gasteiger partial charge on any atom is -0.461 e. The maximum atomic E-state index is 5.74. The second kappa shape index (κ2) is 5.54. The Morgan fingerprint density at radius 2 is 2.42 bits per heavy atom. The molecule has 1 aliphatic rings. The Kier molecular flexibility index (Phi) is 3.61. The number of hydrogen-bond acceptors (Lipinski definition) is 6. The van der Waals surface area contributed by atoms with Gasteiger partial charge in [0.15, 0.2) is 5.76 Å². The molecule has 6 heteroatoms. The van der Waals surface area contributed by atoms with Gasteiger partial charge in [-0.15, -0.1) is 0 Å². The van der Waals surface area contributed by atoms with Gasteiger partial charge in [0.05, 0.1) is 12.8 Å². The highest BCUT2D eigenvalue weighted by Crippen LogP contribution is 2.19. The molecule has 102 valence electrons. The van der Waals surface area contributed by atoms with Gasteiger partial charge >= 0.3 is 0 Å². The molecule has 0 amide bonds. The van der Waals surface area contributed by atoms with E-state index in [4.69, 9.17) is 14.7 Å². The van der Waals surface area contributed by atoms with Gasteiger partial charge in [-0.1, -0.05) is 5.16 Å². The summed E-state index contributed by atoms with van der Waals surface area (Å²) in [6, 6.07) is 3.63. The molecule has 0 saturated carbocycles. The fourth-order valence-corrected chi connectivity index (χ4v) is 2.50. The van der Waals surface area contributed by atoms with E-state index in [2.05, 4.69) is 15.0 Å². The molecule has 1 saturated heterocycles. The highest BCUT2D eigenvalue weighted by atomic mass is 16.5. The molecule has 3 heterocycles. The first-order chi connectivity index (χ1) is 9.35. The molecule has 2 aromatic rings. The fourth-order valence-electron chi connectivity index (χ4n) is 2.50. The molecular formula is C13H18N4O2. The largest absolute Gasteiger partial charge is 0.461 e. The van der Waals surface area contributed by atoms with Crippen LogP contribution in [0.4, 0.5) is 0 Å². The van der Waals surface area contributed by atoms with Crippen LogP contribution in [-0.4, -0.2) is 34.7 Å². The summed E-state index contributed by atoms with van der Waals surface area (Å²) in [6.45, 7) is 3.51. The molecule has 0 spiro atoms. The normalized spacial score (nSPS) is 20.8. The third-order valence-corrected chi connectivity index (χ3v) is 3.50. The van der Waals surface area contributed by atoms with E-state index in [1.165, 1.54) is 12.8 Å². The van der Waals surface area contributed by atoms with Crippen LogP contribution in [0.15, 0.2) is 27.3 Å². The van der Waals surface area contributed by atoms with E-state index >= 15 is 0 Å². The van der Waals surface area contributed by atoms with Crippen molar-refractivity contribution in [2.75, 3.05) is 19.6 Å². The number of aromatic nitrogens is 2. The summed E-state index contributed by atoms with van der Waals surface area (Å²) < 4.78 is 10.5. The monoisotopic (exact) mass is 262 g/mol. The Morgan fingerprint density at radius 3 is 3.21 bits per heavy atom. The zero-order valence-corrected chi connectivity index (χ0v) is 10.8. The van der Waals surface area contributed by atoms with E-state index in [1.807, 2.05) is 12.1 Å². The van der Waals surface area contributed by atoms with E-state index in [0.29, 0.717) is 29.9 Å². The summed E-state index contributed by atoms with van der Waals surface area (Å²) in [4.78, 5) is 6.67. The van der Waals surface area contributed by atoms with Crippen LogP contribution in [0, 0.1) is 5.92 Å². The van der Waals surface area contributed by atoms with Gasteiger partial charge in [-0.05, 0) is 44.0 Å². The van der Waals surface area contributed by atoms with Crippen molar-refractivity contribution in [3.63, 3.8) is 0 Å². The second-order valence-corrected chi connectivity index (χ2v) is 4.97. The summed E-state index contributed by atoms with van der Waals surface area (Å²) in [5, 5.41) is 3.93. The van der Waals surface area contributed by atoms with Crippen LogP contribution < -0.4 is 5.73 Å². The van der Waals surface area contributed by atoms with Crippen molar-refractivity contribution in [3.05, 3.63) is 24.3 Å². The summed E-state index contributed by atoms with van der Waals surface area (Å²) >= 11 is 0. The van der Waals surface area contributed by atoms with E-state index in [0.717, 1.165) is 19.6 Å². The van der Waals surface area contributed by atoms with Gasteiger partial charge in [0, 0.05) is 6.54 Å². The minimum absolute atomic E-state index is 0.507. The van der Waals surface area contributed by atoms with Crippen molar-refractivity contribution in [2.24, 2.45) is 11.7 Å². The first kappa shape index (κ1) is 12.4. The van der Waals surface area contributed by atoms with Crippen LogP contribution in [0.2, 0.25) is 0 Å². The lowest BCUT2D eigenvalue weighted by Gasteiger charge is -2.30. The summed E-state index contributed by atoms with van der Waals surface area (Å²) in [6.07, 6.45) is 4.00. The van der Waals surface area contributed by atoms with Crippen molar-refractivity contribution in [1.29, 1.82) is 0 Å². The Hall–Kier alpha value is -1.66. The fraction of sp³-hybridized carbons (Fsp3) is 0.538. The van der Waals surface area contributed by atoms with Crippen molar-refractivity contribution in [1.82, 2.24) is 15.0 Å². The molecule has 2 aromatic heterocycles. The summed E-state index contributed by atoms with van der Waals surface area (Å²) in [5.74, 6) is 2.35. The molecule has 1 atom stereocenters. The molecule has 1 unspecified atom stereocenters. The summed E-state index contributed by atoms with van der Waals surface area (Å²) in [7, 11) is 0. The molecule has 1 fully saturated rings. The summed E-state index contributed by atoms with van der Waals surface area (Å²) in [5.41, 5.74) is 5.74. The van der Waals surface area contributed by atoms with Gasteiger partial charge in [0.2, 0.25) is 11.7 Å². The SMILES string of the molecule is NCC1CCCN(Cc2nc(-c3ccco3)no2)C1. The van der Waals surface area contributed by atoms with Crippen LogP contribution in [0.5, 0.6) is 0 Å². The molecular weight excluding hydrogens is 244 g/mol. The average Bonchev–Trinajstić information content (AvgIpc) is 3.09. The van der Waals surface area contributed by atoms with E-state index in [9.17, 15) is 0 Å². The number of nitrogens with zero attached hydrogens (tertiary/aromatic N) is 3. The van der Waals surface area contributed by atoms with Crippen LogP contribution in [0.3, 0.4) is 0 Å². The van der Waals surface area contributed by atoms with Gasteiger partial charge < -0.3 is 14.7 Å². The van der Waals surface area contributed by atoms with Crippen LogP contribution in [0.1, 0.15) is 18.7 Å². The molecule has 1 aliphatic heterocycles. The quantitative estimate of drug-likeness (QED) is 0.899. The maximum Gasteiger partial charge on any atom is 0.241 e. The topological polar surface area (TPSA) is 81.3 Å². The van der Waals surface area contributed by atoms with Gasteiger partial charge in [0.25, 0.3) is 0 Å². The van der Waals surface area contributed by atoms with E-state index in [-0.39, 0.29) is 0 Å². The van der Waals surface area contributed by atoms with Crippen molar-refractivity contribution in [2.45, 2.75) is 19.4 Å². The Labute approximate surface area is 111 Å². The Morgan fingerprint density at radius 1 is 1.47 bits per heavy atom. The molecule has 0 aliphatic carbocycles. The van der Waals surface area contributed by atoms with Gasteiger partial charge in [0.1, 0.15) is 0 Å². The lowest BCUT2D eigenvalue weighted by molar-refractivity contribution is 0.153. The maximum absolute atomic E-state index is 5.74. The highest BCUT2D eigenvalue weighted by molar-refractivity contribution is 5.44. The number of likely N-dealkylation sites (tertiary alicyclic amines) is 1. The zero-order chi connectivity index (χ0) is 13.1. The Balaban J connectivity index is 1.64. The van der Waals surface area contributed by atoms with Crippen molar-refractivity contribution < 1.29 is 8.94 Å². The molecule has 0 aromatic carbocycles. The first-order valence-electron chi connectivity index (χ1n) is 6.64. The van der Waals surface area contributed by atoms with Crippen molar-refractivity contribution >= 4 is 0 Å². The number of rotatable bonds is 4. The number of hydrogen-bond donors (Lipinski definition) is 1. The van der Waals surface area contributed by atoms with Gasteiger partial charge in [-0.3, -0.25) is 4.90 Å². The number of nitrogens with two attached hydrogens (primary N) is 1. The van der Waals surface area contributed by atoms with Crippen molar-refractivity contribution in [3.8, 4) is 11.6 Å². The predicted molar refractivity (Wildman–Crippen MR) is 69.1 cm³/mol. The second-order valence-electron chi connectivity index (χ2n) is 4.97. The lowest BCUT2D eigenvalue weighted by atomic mass is 9.98. The van der Waals surface area contributed by atoms with Crippen LogP contribution >= 0.6 is 0 Å². The average molecular weight is 262 g/mol. The first-order valence-corrected chi connectivity index (χ1v) is 6.64. The minimum atomic E-state index is 0.507. The molecule has 6 nitrogen and oxygen atoms in total. The lowest BCUT2D eigenvalue weighted by Crippen LogP contribution is -2.37. The molecule has 0 radical (unpaired) electrons. The molecule has 19 heavy (non-hydrogen) atoms. The van der Waals surface area contributed by atoms with E-state index in [1.54, 1.807) is 6.26 Å². The Bertz CT molecular complexity index is 508. The van der Waals surface area contributed by atoms with Gasteiger partial charge in [-0.25, -0.2) is 0 Å². The van der Waals surface area contributed by atoms with Crippen LogP contribution in [0.25, 0.3) is 11.6 Å². The smallest absolute Gasteiger partial charge is 0.241 e. The standard InChI is InChI=1S/C13H18N4O2/c14-7-10-3-1-5-17(8-10)9-12-15-13(16-19-12)11-4-2-6-18-11/h2,4,6,10H,1,3,5,7-9,14H2. The van der Waals surface area contributed by atoms with E-state index < -0.39 is 0 Å².